The SMILES string of the molecule is OCc1ccccc1NC1CCSc2ccc(Cl)cc21. The normalized spacial score (nSPS) is 17.6. The number of anilines is 1. The second-order valence-electron chi connectivity index (χ2n) is 4.83. The molecule has 0 amide bonds. The molecule has 1 aliphatic heterocycles. The van der Waals surface area contributed by atoms with Crippen LogP contribution in [0.15, 0.2) is 47.4 Å². The Morgan fingerprint density at radius 1 is 1.25 bits per heavy atom. The Hall–Kier alpha value is -1.16. The molecule has 1 aliphatic rings. The Bertz CT molecular complexity index is 617. The first kappa shape index (κ1) is 13.8. The van der Waals surface area contributed by atoms with Gasteiger partial charge in [0.05, 0.1) is 12.6 Å². The summed E-state index contributed by atoms with van der Waals surface area (Å²) in [6, 6.07) is 14.2. The zero-order valence-corrected chi connectivity index (χ0v) is 12.5. The number of aliphatic hydroxyl groups excluding tert-OH is 1. The fourth-order valence-electron chi connectivity index (χ4n) is 2.50. The summed E-state index contributed by atoms with van der Waals surface area (Å²) in [7, 11) is 0. The van der Waals surface area contributed by atoms with Crippen LogP contribution in [0, 0.1) is 0 Å². The van der Waals surface area contributed by atoms with Crippen molar-refractivity contribution in [2.24, 2.45) is 0 Å². The molecular weight excluding hydrogens is 290 g/mol. The molecule has 4 heteroatoms. The van der Waals surface area contributed by atoms with Gasteiger partial charge >= 0.3 is 0 Å². The largest absolute Gasteiger partial charge is 0.392 e. The zero-order valence-electron chi connectivity index (χ0n) is 11.0. The molecule has 0 aromatic heterocycles. The van der Waals surface area contributed by atoms with E-state index in [1.165, 1.54) is 10.5 Å². The minimum Gasteiger partial charge on any atom is -0.392 e. The molecule has 0 fully saturated rings. The maximum atomic E-state index is 9.42. The summed E-state index contributed by atoms with van der Waals surface area (Å²) >= 11 is 8.00. The van der Waals surface area contributed by atoms with Gasteiger partial charge in [-0.05, 0) is 36.2 Å². The Labute approximate surface area is 128 Å². The van der Waals surface area contributed by atoms with E-state index in [0.29, 0.717) is 0 Å². The molecule has 0 radical (unpaired) electrons. The lowest BCUT2D eigenvalue weighted by Crippen LogP contribution is -2.17. The van der Waals surface area contributed by atoms with Gasteiger partial charge in [0.15, 0.2) is 0 Å². The lowest BCUT2D eigenvalue weighted by molar-refractivity contribution is 0.282. The van der Waals surface area contributed by atoms with Gasteiger partial charge in [-0.1, -0.05) is 29.8 Å². The summed E-state index contributed by atoms with van der Waals surface area (Å²) in [5.74, 6) is 1.09. The Balaban J connectivity index is 1.91. The van der Waals surface area contributed by atoms with Gasteiger partial charge in [0, 0.05) is 26.9 Å². The van der Waals surface area contributed by atoms with Gasteiger partial charge in [0.25, 0.3) is 0 Å². The first-order chi connectivity index (χ1) is 9.78. The van der Waals surface area contributed by atoms with Gasteiger partial charge in [-0.25, -0.2) is 0 Å². The molecule has 1 unspecified atom stereocenters. The van der Waals surface area contributed by atoms with Gasteiger partial charge in [-0.3, -0.25) is 0 Å². The number of rotatable bonds is 3. The highest BCUT2D eigenvalue weighted by Crippen LogP contribution is 2.39. The van der Waals surface area contributed by atoms with Crippen LogP contribution in [-0.2, 0) is 6.61 Å². The van der Waals surface area contributed by atoms with E-state index in [1.807, 2.05) is 48.2 Å². The van der Waals surface area contributed by atoms with E-state index in [9.17, 15) is 5.11 Å². The van der Waals surface area contributed by atoms with E-state index in [-0.39, 0.29) is 12.6 Å². The highest BCUT2D eigenvalue weighted by molar-refractivity contribution is 7.99. The molecule has 0 saturated carbocycles. The third-order valence-corrected chi connectivity index (χ3v) is 4.89. The van der Waals surface area contributed by atoms with Crippen molar-refractivity contribution in [1.29, 1.82) is 0 Å². The van der Waals surface area contributed by atoms with Gasteiger partial charge in [-0.2, -0.15) is 0 Å². The van der Waals surface area contributed by atoms with Gasteiger partial charge in [-0.15, -0.1) is 11.8 Å². The van der Waals surface area contributed by atoms with Crippen LogP contribution >= 0.6 is 23.4 Å². The monoisotopic (exact) mass is 305 g/mol. The van der Waals surface area contributed by atoms with Gasteiger partial charge < -0.3 is 10.4 Å². The van der Waals surface area contributed by atoms with Crippen molar-refractivity contribution in [2.75, 3.05) is 11.1 Å². The summed E-state index contributed by atoms with van der Waals surface area (Å²) in [5, 5.41) is 13.7. The van der Waals surface area contributed by atoms with Crippen molar-refractivity contribution in [3.8, 4) is 0 Å². The minimum absolute atomic E-state index is 0.0487. The molecular formula is C16H16ClNOS. The van der Waals surface area contributed by atoms with Crippen LogP contribution in [0.5, 0.6) is 0 Å². The lowest BCUT2D eigenvalue weighted by Gasteiger charge is -2.27. The maximum absolute atomic E-state index is 9.42. The Kier molecular flexibility index (Phi) is 4.20. The van der Waals surface area contributed by atoms with Crippen LogP contribution in [0.1, 0.15) is 23.6 Å². The highest BCUT2D eigenvalue weighted by atomic mass is 35.5. The van der Waals surface area contributed by atoms with Gasteiger partial charge in [0.2, 0.25) is 0 Å². The lowest BCUT2D eigenvalue weighted by atomic mass is 10.0. The molecule has 2 aromatic rings. The van der Waals surface area contributed by atoms with Crippen molar-refractivity contribution in [3.63, 3.8) is 0 Å². The quantitative estimate of drug-likeness (QED) is 0.877. The molecule has 0 aliphatic carbocycles. The summed E-state index contributed by atoms with van der Waals surface area (Å²) in [6.07, 6.45) is 1.05. The number of hydrogen-bond acceptors (Lipinski definition) is 3. The van der Waals surface area contributed by atoms with E-state index in [1.54, 1.807) is 0 Å². The standard InChI is InChI=1S/C16H16ClNOS/c17-12-5-6-16-13(9-12)15(7-8-20-16)18-14-4-2-1-3-11(14)10-19/h1-6,9,15,18-19H,7-8,10H2. The summed E-state index contributed by atoms with van der Waals surface area (Å²) in [4.78, 5) is 1.29. The molecule has 0 bridgehead atoms. The van der Waals surface area contributed by atoms with Crippen LogP contribution < -0.4 is 5.32 Å². The first-order valence-corrected chi connectivity index (χ1v) is 8.02. The van der Waals surface area contributed by atoms with E-state index in [2.05, 4.69) is 11.4 Å². The molecule has 1 heterocycles. The number of nitrogens with one attached hydrogen (secondary N) is 1. The molecule has 1 atom stereocenters. The topological polar surface area (TPSA) is 32.3 Å². The summed E-state index contributed by atoms with van der Waals surface area (Å²) < 4.78 is 0. The number of thioether (sulfide) groups is 1. The number of halogens is 1. The predicted octanol–water partition coefficient (Wildman–Crippen LogP) is 4.48. The molecule has 20 heavy (non-hydrogen) atoms. The smallest absolute Gasteiger partial charge is 0.0701 e. The van der Waals surface area contributed by atoms with Crippen molar-refractivity contribution in [1.82, 2.24) is 0 Å². The Morgan fingerprint density at radius 2 is 2.10 bits per heavy atom. The van der Waals surface area contributed by atoms with Crippen LogP contribution in [-0.4, -0.2) is 10.9 Å². The average Bonchev–Trinajstić information content (AvgIpc) is 2.48. The fourth-order valence-corrected chi connectivity index (χ4v) is 3.79. The van der Waals surface area contributed by atoms with Crippen LogP contribution in [0.4, 0.5) is 5.69 Å². The molecule has 2 N–H and O–H groups in total. The van der Waals surface area contributed by atoms with Crippen molar-refractivity contribution >= 4 is 29.1 Å². The highest BCUT2D eigenvalue weighted by Gasteiger charge is 2.21. The third kappa shape index (κ3) is 2.80. The molecule has 2 aromatic carbocycles. The number of aliphatic hydroxyl groups is 1. The van der Waals surface area contributed by atoms with Crippen LogP contribution in [0.25, 0.3) is 0 Å². The summed E-state index contributed by atoms with van der Waals surface area (Å²) in [6.45, 7) is 0.0487. The van der Waals surface area contributed by atoms with Crippen molar-refractivity contribution < 1.29 is 5.11 Å². The van der Waals surface area contributed by atoms with E-state index in [4.69, 9.17) is 11.6 Å². The number of para-hydroxylation sites is 1. The maximum Gasteiger partial charge on any atom is 0.0701 e. The van der Waals surface area contributed by atoms with Crippen LogP contribution in [0.3, 0.4) is 0 Å². The second-order valence-corrected chi connectivity index (χ2v) is 6.40. The Morgan fingerprint density at radius 3 is 2.95 bits per heavy atom. The molecule has 3 rings (SSSR count). The molecule has 0 spiro atoms. The van der Waals surface area contributed by atoms with Gasteiger partial charge in [0.1, 0.15) is 0 Å². The number of fused-ring (bicyclic) bond motifs is 1. The van der Waals surface area contributed by atoms with Crippen LogP contribution in [0.2, 0.25) is 5.02 Å². The fraction of sp³-hybridized carbons (Fsp3) is 0.250. The number of benzene rings is 2. The van der Waals surface area contributed by atoms with E-state index < -0.39 is 0 Å². The molecule has 104 valence electrons. The average molecular weight is 306 g/mol. The number of hydrogen-bond donors (Lipinski definition) is 2. The molecule has 2 nitrogen and oxygen atoms in total. The minimum atomic E-state index is 0.0487. The first-order valence-electron chi connectivity index (χ1n) is 6.65. The molecule has 0 saturated heterocycles. The predicted molar refractivity (Wildman–Crippen MR) is 85.5 cm³/mol. The third-order valence-electron chi connectivity index (χ3n) is 3.53. The van der Waals surface area contributed by atoms with E-state index >= 15 is 0 Å². The van der Waals surface area contributed by atoms with E-state index in [0.717, 1.165) is 28.4 Å². The van der Waals surface area contributed by atoms with Crippen molar-refractivity contribution in [2.45, 2.75) is 24.0 Å². The van der Waals surface area contributed by atoms with Crippen molar-refractivity contribution in [3.05, 3.63) is 58.6 Å². The zero-order chi connectivity index (χ0) is 13.9. The second kappa shape index (κ2) is 6.08. The summed E-state index contributed by atoms with van der Waals surface area (Å²) in [5.41, 5.74) is 3.17.